The second kappa shape index (κ2) is 14.8. The van der Waals surface area contributed by atoms with Gasteiger partial charge in [0.2, 0.25) is 17.7 Å². The van der Waals surface area contributed by atoms with E-state index in [1.54, 1.807) is 26.8 Å². The maximum Gasteiger partial charge on any atom is 0.410 e. The zero-order chi connectivity index (χ0) is 39.1. The molecule has 53 heavy (non-hydrogen) atoms. The van der Waals surface area contributed by atoms with Crippen LogP contribution in [0.2, 0.25) is 0 Å². The number of hydrogen-bond acceptors (Lipinski definition) is 9. The highest BCUT2D eigenvalue weighted by Crippen LogP contribution is 2.46. The number of benzene rings is 1. The number of halogens is 3. The van der Waals surface area contributed by atoms with Crippen LogP contribution in [0.15, 0.2) is 30.4 Å². The highest BCUT2D eigenvalue weighted by atomic mass is 32.2. The van der Waals surface area contributed by atoms with Gasteiger partial charge in [0.1, 0.15) is 35.1 Å². The molecule has 0 spiro atoms. The lowest BCUT2D eigenvalue weighted by Gasteiger charge is -2.31. The van der Waals surface area contributed by atoms with Crippen LogP contribution < -0.4 is 15.4 Å². The minimum Gasteiger partial charge on any atom is -0.444 e. The zero-order valence-electron chi connectivity index (χ0n) is 30.1. The minimum absolute atomic E-state index is 0.0453. The van der Waals surface area contributed by atoms with Gasteiger partial charge in [0, 0.05) is 51.4 Å². The number of alkyl halides is 2. The predicted molar refractivity (Wildman–Crippen MR) is 181 cm³/mol. The Balaban J connectivity index is 1.45. The fourth-order valence-electron chi connectivity index (χ4n) is 6.63. The lowest BCUT2D eigenvalue weighted by Crippen LogP contribution is -2.59. The number of carbonyl (C=O) groups excluding carboxylic acids is 5. The Morgan fingerprint density at radius 2 is 1.81 bits per heavy atom. The number of nitrogens with zero attached hydrogens (tertiary/aromatic N) is 3. The van der Waals surface area contributed by atoms with E-state index in [1.165, 1.54) is 43.3 Å². The molecule has 1 saturated heterocycles. The predicted octanol–water partition coefficient (Wildman–Crippen LogP) is 2.70. The summed E-state index contributed by atoms with van der Waals surface area (Å²) in [6.07, 6.45) is -2.70. The summed E-state index contributed by atoms with van der Waals surface area (Å²) in [5.41, 5.74) is -1.93. The summed E-state index contributed by atoms with van der Waals surface area (Å²) in [6, 6.07) is 1.38. The van der Waals surface area contributed by atoms with E-state index in [-0.39, 0.29) is 32.4 Å². The van der Waals surface area contributed by atoms with Gasteiger partial charge in [-0.2, -0.15) is 12.7 Å². The standard InChI is InChI=1S/C34H45F3N6O9S/c1-32(2,3)52-30(47)38-25-12-14-33(36,37)13-7-6-10-21-16-34(21,29(46)40-53(49,50)41(4)5)39-27(44)26-15-22(18-43(26)28(25)45)51-31(48)42-17-20-9-8-11-24(35)23(20)19-42/h6,8-11,21-22,25-26H,7,12-19H2,1-5H3,(H,38,47)(H,39,44)(H,40,46)/t21-,22-,25+,26+,34-/m1/s1. The van der Waals surface area contributed by atoms with E-state index in [2.05, 4.69) is 10.6 Å². The Labute approximate surface area is 305 Å². The number of nitrogens with one attached hydrogen (secondary N) is 3. The van der Waals surface area contributed by atoms with E-state index in [9.17, 15) is 36.8 Å². The summed E-state index contributed by atoms with van der Waals surface area (Å²) in [6.45, 7) is 4.27. The molecule has 5 rings (SSSR count). The second-order valence-corrected chi connectivity index (χ2v) is 16.9. The molecule has 5 atom stereocenters. The first-order valence-electron chi connectivity index (χ1n) is 17.2. The average Bonchev–Trinajstić information content (AvgIpc) is 3.35. The van der Waals surface area contributed by atoms with Gasteiger partial charge < -0.3 is 25.0 Å². The van der Waals surface area contributed by atoms with Gasteiger partial charge in [-0.3, -0.25) is 19.3 Å². The van der Waals surface area contributed by atoms with Crippen molar-refractivity contribution in [3.63, 3.8) is 0 Å². The zero-order valence-corrected chi connectivity index (χ0v) is 30.9. The first-order valence-corrected chi connectivity index (χ1v) is 18.7. The van der Waals surface area contributed by atoms with Crippen molar-refractivity contribution in [3.05, 3.63) is 47.3 Å². The fraction of sp³-hybridized carbons (Fsp3) is 0.618. The minimum atomic E-state index is -4.31. The van der Waals surface area contributed by atoms with E-state index >= 15 is 8.78 Å². The molecule has 1 aliphatic carbocycles. The van der Waals surface area contributed by atoms with Crippen molar-refractivity contribution in [2.24, 2.45) is 5.92 Å². The van der Waals surface area contributed by atoms with E-state index in [0.717, 1.165) is 9.21 Å². The number of allylic oxidation sites excluding steroid dienone is 1. The van der Waals surface area contributed by atoms with Gasteiger partial charge in [-0.05, 0) is 51.7 Å². The monoisotopic (exact) mass is 770 g/mol. The Kier molecular flexibility index (Phi) is 11.1. The maximum atomic E-state index is 15.2. The number of alkyl carbamates (subject to hydrolysis) is 1. The third-order valence-electron chi connectivity index (χ3n) is 9.60. The first kappa shape index (κ1) is 39.8. The summed E-state index contributed by atoms with van der Waals surface area (Å²) in [4.78, 5) is 70.2. The van der Waals surface area contributed by atoms with E-state index < -0.39 is 113 Å². The van der Waals surface area contributed by atoms with Gasteiger partial charge in [0.05, 0.1) is 13.1 Å². The quantitative estimate of drug-likeness (QED) is 0.379. The molecular formula is C34H45F3N6O9S. The normalized spacial score (nSPS) is 27.4. The third-order valence-corrected chi connectivity index (χ3v) is 11.0. The second-order valence-electron chi connectivity index (χ2n) is 15.0. The number of amides is 5. The van der Waals surface area contributed by atoms with Crippen LogP contribution >= 0.6 is 0 Å². The van der Waals surface area contributed by atoms with Crippen LogP contribution in [0.1, 0.15) is 70.4 Å². The largest absolute Gasteiger partial charge is 0.444 e. The van der Waals surface area contributed by atoms with Crippen molar-refractivity contribution in [1.29, 1.82) is 0 Å². The molecule has 0 radical (unpaired) electrons. The van der Waals surface area contributed by atoms with Gasteiger partial charge in [-0.1, -0.05) is 24.3 Å². The lowest BCUT2D eigenvalue weighted by molar-refractivity contribution is -0.141. The highest BCUT2D eigenvalue weighted by molar-refractivity contribution is 7.87. The molecule has 3 aliphatic heterocycles. The van der Waals surface area contributed by atoms with Crippen molar-refractivity contribution in [2.75, 3.05) is 20.6 Å². The Morgan fingerprint density at radius 1 is 1.09 bits per heavy atom. The Bertz CT molecular complexity index is 1790. The van der Waals surface area contributed by atoms with Crippen LogP contribution in [-0.4, -0.2) is 108 Å². The van der Waals surface area contributed by atoms with Crippen LogP contribution in [0.5, 0.6) is 0 Å². The molecule has 0 aromatic heterocycles. The molecule has 4 aliphatic rings. The molecular weight excluding hydrogens is 725 g/mol. The van der Waals surface area contributed by atoms with E-state index in [4.69, 9.17) is 9.47 Å². The lowest BCUT2D eigenvalue weighted by atomic mass is 10.0. The molecule has 1 aromatic carbocycles. The van der Waals surface area contributed by atoms with Crippen LogP contribution in [0.3, 0.4) is 0 Å². The van der Waals surface area contributed by atoms with Crippen molar-refractivity contribution in [2.45, 2.75) is 108 Å². The van der Waals surface area contributed by atoms with Gasteiger partial charge in [-0.25, -0.2) is 27.5 Å². The highest BCUT2D eigenvalue weighted by Gasteiger charge is 2.62. The van der Waals surface area contributed by atoms with Crippen LogP contribution in [-0.2, 0) is 47.2 Å². The van der Waals surface area contributed by atoms with E-state index in [1.807, 2.05) is 4.72 Å². The average molecular weight is 771 g/mol. The summed E-state index contributed by atoms with van der Waals surface area (Å²) in [5.74, 6) is -7.49. The molecule has 3 N–H and O–H groups in total. The topological polar surface area (TPSA) is 184 Å². The van der Waals surface area contributed by atoms with Gasteiger partial charge in [0.25, 0.3) is 5.91 Å². The molecule has 0 unspecified atom stereocenters. The molecule has 3 heterocycles. The van der Waals surface area contributed by atoms with E-state index in [0.29, 0.717) is 11.1 Å². The van der Waals surface area contributed by atoms with Crippen molar-refractivity contribution in [1.82, 2.24) is 29.5 Å². The molecule has 19 heteroatoms. The van der Waals surface area contributed by atoms with Crippen molar-refractivity contribution >= 4 is 40.1 Å². The summed E-state index contributed by atoms with van der Waals surface area (Å²) >= 11 is 0. The fourth-order valence-corrected chi connectivity index (χ4v) is 7.23. The number of fused-ring (bicyclic) bond motifs is 3. The Hall–Kier alpha value is -4.39. The number of ether oxygens (including phenoxy) is 2. The van der Waals surface area contributed by atoms with Crippen LogP contribution in [0.4, 0.5) is 22.8 Å². The molecule has 2 fully saturated rings. The number of hydrogen-bond donors (Lipinski definition) is 3. The first-order chi connectivity index (χ1) is 24.6. The molecule has 15 nitrogen and oxygen atoms in total. The SMILES string of the molecule is CN(C)S(=O)(=O)NC(=O)[C@@]12C[C@H]1C=CCCC(F)(F)CC[C@H](NC(=O)OC(C)(C)C)C(=O)N1C[C@H](OC(=O)N3Cc4cccc(F)c4C3)C[C@H]1C(=O)N2. The smallest absolute Gasteiger partial charge is 0.410 e. The maximum absolute atomic E-state index is 15.2. The molecule has 0 bridgehead atoms. The third kappa shape index (κ3) is 9.23. The van der Waals surface area contributed by atoms with Crippen LogP contribution in [0, 0.1) is 11.7 Å². The molecule has 1 saturated carbocycles. The summed E-state index contributed by atoms with van der Waals surface area (Å²) in [5, 5.41) is 4.97. The molecule has 1 aromatic rings. The number of rotatable bonds is 5. The van der Waals surface area contributed by atoms with Gasteiger partial charge in [-0.15, -0.1) is 0 Å². The van der Waals surface area contributed by atoms with Gasteiger partial charge in [0.15, 0.2) is 0 Å². The Morgan fingerprint density at radius 3 is 2.47 bits per heavy atom. The molecule has 5 amide bonds. The van der Waals surface area contributed by atoms with Crippen molar-refractivity contribution in [3.8, 4) is 0 Å². The number of carbonyl (C=O) groups is 5. The van der Waals surface area contributed by atoms with Crippen molar-refractivity contribution < 1.29 is 55.0 Å². The van der Waals surface area contributed by atoms with Gasteiger partial charge >= 0.3 is 22.4 Å². The summed E-state index contributed by atoms with van der Waals surface area (Å²) in [7, 11) is -1.93. The van der Waals surface area contributed by atoms with Crippen LogP contribution in [0.25, 0.3) is 0 Å². The molecule has 292 valence electrons. The summed E-state index contributed by atoms with van der Waals surface area (Å²) < 4.78 is 83.5.